The van der Waals surface area contributed by atoms with Gasteiger partial charge in [-0.05, 0) is 55.2 Å². The second-order valence-electron chi connectivity index (χ2n) is 6.32. The van der Waals surface area contributed by atoms with Crippen molar-refractivity contribution in [1.29, 1.82) is 0 Å². The zero-order chi connectivity index (χ0) is 19.3. The largest absolute Gasteiger partial charge is 0.496 e. The molecular weight excluding hydrogens is 330 g/mol. The van der Waals surface area contributed by atoms with Crippen LogP contribution >= 0.6 is 0 Å². The van der Waals surface area contributed by atoms with E-state index in [1.54, 1.807) is 28.4 Å². The predicted molar refractivity (Wildman–Crippen MR) is 104 cm³/mol. The van der Waals surface area contributed by atoms with Crippen molar-refractivity contribution in [2.75, 3.05) is 28.4 Å². The standard InChI is InChI=1S/C21H29NO4/c1-13-8-16(9-14(2)20(13)25-6)12-22-15(3)17-10-18(23-4)21(26-7)19(11-17)24-5/h8-11,15,22H,12H2,1-7H3. The zero-order valence-electron chi connectivity index (χ0n) is 16.7. The minimum atomic E-state index is 0.117. The number of hydrogen-bond acceptors (Lipinski definition) is 5. The van der Waals surface area contributed by atoms with E-state index < -0.39 is 0 Å². The van der Waals surface area contributed by atoms with E-state index in [-0.39, 0.29) is 6.04 Å². The van der Waals surface area contributed by atoms with E-state index in [4.69, 9.17) is 18.9 Å². The molecular formula is C21H29NO4. The molecule has 1 atom stereocenters. The molecule has 0 aliphatic heterocycles. The van der Waals surface area contributed by atoms with Crippen molar-refractivity contribution in [3.63, 3.8) is 0 Å². The fraction of sp³-hybridized carbons (Fsp3) is 0.429. The first kappa shape index (κ1) is 19.9. The summed E-state index contributed by atoms with van der Waals surface area (Å²) in [4.78, 5) is 0. The number of aryl methyl sites for hydroxylation is 2. The van der Waals surface area contributed by atoms with Crippen LogP contribution in [0.4, 0.5) is 0 Å². The van der Waals surface area contributed by atoms with Gasteiger partial charge in [0.15, 0.2) is 11.5 Å². The van der Waals surface area contributed by atoms with Crippen LogP contribution in [0.25, 0.3) is 0 Å². The molecule has 2 rings (SSSR count). The molecule has 0 saturated carbocycles. The fourth-order valence-corrected chi connectivity index (χ4v) is 3.20. The number of ether oxygens (including phenoxy) is 4. The van der Waals surface area contributed by atoms with E-state index in [0.29, 0.717) is 17.2 Å². The van der Waals surface area contributed by atoms with Gasteiger partial charge in [0, 0.05) is 12.6 Å². The van der Waals surface area contributed by atoms with Gasteiger partial charge in [0.1, 0.15) is 5.75 Å². The van der Waals surface area contributed by atoms with Crippen molar-refractivity contribution in [1.82, 2.24) is 5.32 Å². The van der Waals surface area contributed by atoms with Crippen LogP contribution in [0, 0.1) is 13.8 Å². The lowest BCUT2D eigenvalue weighted by atomic mass is 10.0. The summed E-state index contributed by atoms with van der Waals surface area (Å²) in [6.07, 6.45) is 0. The van der Waals surface area contributed by atoms with Gasteiger partial charge in [0.25, 0.3) is 0 Å². The van der Waals surface area contributed by atoms with Gasteiger partial charge >= 0.3 is 0 Å². The minimum Gasteiger partial charge on any atom is -0.496 e. The molecule has 0 radical (unpaired) electrons. The summed E-state index contributed by atoms with van der Waals surface area (Å²) in [6.45, 7) is 7.00. The molecule has 0 heterocycles. The fourth-order valence-electron chi connectivity index (χ4n) is 3.20. The summed E-state index contributed by atoms with van der Waals surface area (Å²) in [5.41, 5.74) is 4.58. The Balaban J connectivity index is 2.19. The number of methoxy groups -OCH3 is 4. The van der Waals surface area contributed by atoms with Crippen LogP contribution in [-0.2, 0) is 6.54 Å². The molecule has 0 spiro atoms. The van der Waals surface area contributed by atoms with E-state index in [9.17, 15) is 0 Å². The van der Waals surface area contributed by atoms with E-state index >= 15 is 0 Å². The molecule has 2 aromatic rings. The van der Waals surface area contributed by atoms with Gasteiger partial charge in [-0.25, -0.2) is 0 Å². The van der Waals surface area contributed by atoms with Crippen molar-refractivity contribution >= 4 is 0 Å². The molecule has 5 nitrogen and oxygen atoms in total. The number of rotatable bonds is 8. The topological polar surface area (TPSA) is 49.0 Å². The second kappa shape index (κ2) is 8.81. The monoisotopic (exact) mass is 359 g/mol. The Hall–Kier alpha value is -2.40. The molecule has 1 N–H and O–H groups in total. The van der Waals surface area contributed by atoms with Crippen LogP contribution in [0.5, 0.6) is 23.0 Å². The Kier molecular flexibility index (Phi) is 6.75. The molecule has 142 valence electrons. The molecule has 2 aromatic carbocycles. The predicted octanol–water partition coefficient (Wildman–Crippen LogP) is 4.19. The lowest BCUT2D eigenvalue weighted by Crippen LogP contribution is -2.18. The van der Waals surface area contributed by atoms with Crippen LogP contribution in [0.15, 0.2) is 24.3 Å². The molecule has 26 heavy (non-hydrogen) atoms. The molecule has 0 fully saturated rings. The molecule has 0 bridgehead atoms. The third-order valence-corrected chi connectivity index (χ3v) is 4.52. The van der Waals surface area contributed by atoms with E-state index in [2.05, 4.69) is 38.2 Å². The molecule has 0 saturated heterocycles. The maximum Gasteiger partial charge on any atom is 0.203 e. The van der Waals surface area contributed by atoms with Crippen molar-refractivity contribution in [3.8, 4) is 23.0 Å². The quantitative estimate of drug-likeness (QED) is 0.766. The Morgan fingerprint density at radius 3 is 1.69 bits per heavy atom. The van der Waals surface area contributed by atoms with Crippen molar-refractivity contribution in [2.24, 2.45) is 0 Å². The third kappa shape index (κ3) is 4.22. The summed E-state index contributed by atoms with van der Waals surface area (Å²) in [5, 5.41) is 3.55. The van der Waals surface area contributed by atoms with Crippen LogP contribution in [0.1, 0.15) is 35.2 Å². The summed E-state index contributed by atoms with van der Waals surface area (Å²) in [6, 6.07) is 8.38. The second-order valence-corrected chi connectivity index (χ2v) is 6.32. The maximum absolute atomic E-state index is 5.44. The molecule has 0 aromatic heterocycles. The summed E-state index contributed by atoms with van der Waals surface area (Å²) < 4.78 is 21.7. The number of hydrogen-bond donors (Lipinski definition) is 1. The third-order valence-electron chi connectivity index (χ3n) is 4.52. The minimum absolute atomic E-state index is 0.117. The summed E-state index contributed by atoms with van der Waals surface area (Å²) >= 11 is 0. The van der Waals surface area contributed by atoms with Gasteiger partial charge in [-0.1, -0.05) is 12.1 Å². The van der Waals surface area contributed by atoms with Gasteiger partial charge < -0.3 is 24.3 Å². The van der Waals surface area contributed by atoms with Crippen molar-refractivity contribution in [2.45, 2.75) is 33.4 Å². The molecule has 0 aliphatic carbocycles. The Morgan fingerprint density at radius 2 is 1.27 bits per heavy atom. The van der Waals surface area contributed by atoms with Gasteiger partial charge in [0.2, 0.25) is 5.75 Å². The number of benzene rings is 2. The highest BCUT2D eigenvalue weighted by molar-refractivity contribution is 5.54. The van der Waals surface area contributed by atoms with E-state index in [1.807, 2.05) is 12.1 Å². The van der Waals surface area contributed by atoms with Gasteiger partial charge in [0.05, 0.1) is 28.4 Å². The van der Waals surface area contributed by atoms with E-state index in [0.717, 1.165) is 29.0 Å². The maximum atomic E-state index is 5.44. The first-order chi connectivity index (χ1) is 12.4. The van der Waals surface area contributed by atoms with E-state index in [1.165, 1.54) is 5.56 Å². The Labute approximate surface area is 156 Å². The molecule has 5 heteroatoms. The number of nitrogens with one attached hydrogen (secondary N) is 1. The zero-order valence-corrected chi connectivity index (χ0v) is 16.7. The lowest BCUT2D eigenvalue weighted by Gasteiger charge is -2.19. The van der Waals surface area contributed by atoms with Crippen molar-refractivity contribution < 1.29 is 18.9 Å². The van der Waals surface area contributed by atoms with Crippen LogP contribution in [0.3, 0.4) is 0 Å². The van der Waals surface area contributed by atoms with Gasteiger partial charge in [-0.15, -0.1) is 0 Å². The Bertz CT molecular complexity index is 710. The van der Waals surface area contributed by atoms with Gasteiger partial charge in [-0.3, -0.25) is 0 Å². The molecule has 0 aliphatic rings. The van der Waals surface area contributed by atoms with Crippen molar-refractivity contribution in [3.05, 3.63) is 46.5 Å². The normalized spacial score (nSPS) is 11.8. The summed E-state index contributed by atoms with van der Waals surface area (Å²) in [5.74, 6) is 2.87. The molecule has 1 unspecified atom stereocenters. The Morgan fingerprint density at radius 1 is 0.769 bits per heavy atom. The summed E-state index contributed by atoms with van der Waals surface area (Å²) in [7, 11) is 6.57. The van der Waals surface area contributed by atoms with Crippen LogP contribution < -0.4 is 24.3 Å². The van der Waals surface area contributed by atoms with Gasteiger partial charge in [-0.2, -0.15) is 0 Å². The average Bonchev–Trinajstić information content (AvgIpc) is 2.64. The van der Waals surface area contributed by atoms with Crippen LogP contribution in [-0.4, -0.2) is 28.4 Å². The SMILES string of the molecule is COc1cc(C(C)NCc2cc(C)c(OC)c(C)c2)cc(OC)c1OC. The van der Waals surface area contributed by atoms with Crippen LogP contribution in [0.2, 0.25) is 0 Å². The highest BCUT2D eigenvalue weighted by atomic mass is 16.5. The highest BCUT2D eigenvalue weighted by Crippen LogP contribution is 2.39. The smallest absolute Gasteiger partial charge is 0.203 e. The highest BCUT2D eigenvalue weighted by Gasteiger charge is 2.16. The first-order valence-corrected chi connectivity index (χ1v) is 8.62. The first-order valence-electron chi connectivity index (χ1n) is 8.62. The lowest BCUT2D eigenvalue weighted by molar-refractivity contribution is 0.323. The molecule has 0 amide bonds. The average molecular weight is 359 g/mol.